The van der Waals surface area contributed by atoms with Gasteiger partial charge in [0.2, 0.25) is 0 Å². The summed E-state index contributed by atoms with van der Waals surface area (Å²) in [7, 11) is 0. The average molecular weight is 689 g/mol. The van der Waals surface area contributed by atoms with Gasteiger partial charge in [0.15, 0.2) is 0 Å². The van der Waals surface area contributed by atoms with Gasteiger partial charge in [0.25, 0.3) is 5.97 Å². The minimum Gasteiger partial charge on any atom is -0.481 e. The normalized spacial score (nSPS) is 13.4. The van der Waals surface area contributed by atoms with Gasteiger partial charge in [0.1, 0.15) is 0 Å². The van der Waals surface area contributed by atoms with Gasteiger partial charge in [0, 0.05) is 22.6 Å². The molecule has 1 heterocycles. The summed E-state index contributed by atoms with van der Waals surface area (Å²) in [5.41, 5.74) is 5.81. The Bertz CT molecular complexity index is 1590. The van der Waals surface area contributed by atoms with Gasteiger partial charge in [0.05, 0.1) is 16.8 Å². The summed E-state index contributed by atoms with van der Waals surface area (Å²) >= 11 is 8.26. The van der Waals surface area contributed by atoms with Gasteiger partial charge in [-0.2, -0.15) is 11.8 Å². The van der Waals surface area contributed by atoms with E-state index in [2.05, 4.69) is 91.6 Å². The van der Waals surface area contributed by atoms with Gasteiger partial charge in [-0.3, -0.25) is 4.79 Å². The Hall–Kier alpha value is -3.16. The Morgan fingerprint density at radius 1 is 1.00 bits per heavy atom. The molecule has 0 aliphatic heterocycles. The van der Waals surface area contributed by atoms with Gasteiger partial charge in [-0.05, 0) is 124 Å². The van der Waals surface area contributed by atoms with Crippen molar-refractivity contribution in [2.45, 2.75) is 84.0 Å². The Labute approximate surface area is 297 Å². The van der Waals surface area contributed by atoms with E-state index in [9.17, 15) is 5.11 Å². The molecule has 4 aromatic rings. The molecule has 0 amide bonds. The van der Waals surface area contributed by atoms with Crippen LogP contribution in [0.2, 0.25) is 5.02 Å². The molecule has 1 atom stereocenters. The number of aliphatic hydroxyl groups is 1. The number of nitrogens with zero attached hydrogens (tertiary/aromatic N) is 1. The number of carbonyl (C=O) groups is 1. The molecule has 5 rings (SSSR count). The first-order valence-corrected chi connectivity index (χ1v) is 18.6. The lowest BCUT2D eigenvalue weighted by Crippen LogP contribution is -2.18. The highest BCUT2D eigenvalue weighted by Crippen LogP contribution is 2.41. The number of hydrogen-bond donors (Lipinski definition) is 3. The molecular formula is C41H53ClN2O3S. The molecule has 5 nitrogen and oxygen atoms in total. The summed E-state index contributed by atoms with van der Waals surface area (Å²) < 4.78 is 0. The van der Waals surface area contributed by atoms with Crippen molar-refractivity contribution in [2.75, 3.05) is 18.8 Å². The van der Waals surface area contributed by atoms with Gasteiger partial charge in [-0.1, -0.05) is 92.2 Å². The third-order valence-electron chi connectivity index (χ3n) is 7.84. The third-order valence-corrected chi connectivity index (χ3v) is 9.65. The van der Waals surface area contributed by atoms with Crippen molar-refractivity contribution in [3.8, 4) is 0 Å². The zero-order chi connectivity index (χ0) is 34.9. The van der Waals surface area contributed by atoms with Crippen LogP contribution in [0.15, 0.2) is 78.9 Å². The molecule has 1 aliphatic carbocycles. The van der Waals surface area contributed by atoms with Crippen LogP contribution >= 0.6 is 23.4 Å². The number of carboxylic acids is 1. The van der Waals surface area contributed by atoms with Crippen molar-refractivity contribution in [2.24, 2.45) is 5.92 Å². The first-order valence-electron chi connectivity index (χ1n) is 17.2. The number of hydrogen-bond acceptors (Lipinski definition) is 5. The van der Waals surface area contributed by atoms with E-state index in [1.807, 2.05) is 44.2 Å². The summed E-state index contributed by atoms with van der Waals surface area (Å²) in [4.78, 5) is 13.8. The van der Waals surface area contributed by atoms with Crippen molar-refractivity contribution >= 4 is 52.4 Å². The average Bonchev–Trinajstić information content (AvgIpc) is 3.88. The number of pyridine rings is 1. The van der Waals surface area contributed by atoms with Crippen LogP contribution in [0.25, 0.3) is 23.1 Å². The molecule has 1 aromatic heterocycles. The number of fused-ring (bicyclic) bond motifs is 1. The number of rotatable bonds is 14. The monoisotopic (exact) mass is 688 g/mol. The number of halogens is 1. The van der Waals surface area contributed by atoms with E-state index in [0.717, 1.165) is 47.8 Å². The largest absolute Gasteiger partial charge is 0.481 e. The summed E-state index contributed by atoms with van der Waals surface area (Å²) in [6.45, 7) is 11.5. The highest BCUT2D eigenvalue weighted by Gasteiger charge is 2.25. The summed E-state index contributed by atoms with van der Waals surface area (Å²) in [5.74, 6) is 1.27. The van der Waals surface area contributed by atoms with Crippen molar-refractivity contribution < 1.29 is 15.0 Å². The summed E-state index contributed by atoms with van der Waals surface area (Å²) in [6.07, 6.45) is 11.5. The second kappa shape index (κ2) is 20.4. The number of thioether (sulfide) groups is 1. The number of carboxylic acid groups (broad SMARTS) is 1. The Kier molecular flexibility index (Phi) is 16.7. The van der Waals surface area contributed by atoms with Gasteiger partial charge in [-0.25, -0.2) is 4.98 Å². The highest BCUT2D eigenvalue weighted by molar-refractivity contribution is 7.99. The lowest BCUT2D eigenvalue weighted by Gasteiger charge is -2.23. The topological polar surface area (TPSA) is 82.5 Å². The molecule has 0 saturated heterocycles. The fourth-order valence-corrected chi connectivity index (χ4v) is 6.85. The molecule has 1 aliphatic rings. The van der Waals surface area contributed by atoms with Crippen molar-refractivity contribution in [3.63, 3.8) is 0 Å². The number of nitrogens with one attached hydrogen (secondary N) is 1. The zero-order valence-corrected chi connectivity index (χ0v) is 30.8. The fraction of sp³-hybridized carbons (Fsp3) is 0.415. The van der Waals surface area contributed by atoms with E-state index in [1.54, 1.807) is 0 Å². The smallest absolute Gasteiger partial charge is 0.300 e. The summed E-state index contributed by atoms with van der Waals surface area (Å²) in [5, 5.41) is 23.6. The number of aliphatic carboxylic acids is 1. The maximum atomic E-state index is 10.7. The third kappa shape index (κ3) is 14.5. The van der Waals surface area contributed by atoms with Crippen molar-refractivity contribution in [3.05, 3.63) is 112 Å². The predicted molar refractivity (Wildman–Crippen MR) is 207 cm³/mol. The van der Waals surface area contributed by atoms with E-state index in [4.69, 9.17) is 26.5 Å². The molecule has 1 saturated carbocycles. The first-order chi connectivity index (χ1) is 23.0. The van der Waals surface area contributed by atoms with E-state index < -0.39 is 11.6 Å². The molecular weight excluding hydrogens is 636 g/mol. The number of aromatic nitrogens is 1. The highest BCUT2D eigenvalue weighted by atomic mass is 35.5. The van der Waals surface area contributed by atoms with Gasteiger partial charge in [-0.15, -0.1) is 0 Å². The van der Waals surface area contributed by atoms with Gasteiger partial charge < -0.3 is 15.5 Å². The SMILES string of the molecule is CC(=O)O.CC(C)(O)c1ccccc1CC[C@@H](SCC1CC1)c1cccc(/C=C/c2ccc3ccc(Cl)cc3n2)c1.CCCNCCC. The quantitative estimate of drug-likeness (QED) is 0.114. The van der Waals surface area contributed by atoms with Crippen LogP contribution in [0.5, 0.6) is 0 Å². The molecule has 258 valence electrons. The molecule has 0 radical (unpaired) electrons. The maximum Gasteiger partial charge on any atom is 0.300 e. The molecule has 1 fully saturated rings. The van der Waals surface area contributed by atoms with Crippen LogP contribution in [0, 0.1) is 5.92 Å². The van der Waals surface area contributed by atoms with E-state index in [1.165, 1.54) is 61.2 Å². The molecule has 0 bridgehead atoms. The van der Waals surface area contributed by atoms with E-state index >= 15 is 0 Å². The Morgan fingerprint density at radius 2 is 1.69 bits per heavy atom. The van der Waals surface area contributed by atoms with E-state index in [0.29, 0.717) is 10.3 Å². The lowest BCUT2D eigenvalue weighted by atomic mass is 9.90. The van der Waals surface area contributed by atoms with Crippen LogP contribution < -0.4 is 5.32 Å². The van der Waals surface area contributed by atoms with Gasteiger partial charge >= 0.3 is 0 Å². The minimum absolute atomic E-state index is 0.421. The number of benzene rings is 3. The molecule has 3 aromatic carbocycles. The van der Waals surface area contributed by atoms with Crippen LogP contribution in [0.1, 0.15) is 99.9 Å². The predicted octanol–water partition coefficient (Wildman–Crippen LogP) is 10.6. The molecule has 48 heavy (non-hydrogen) atoms. The second-order valence-electron chi connectivity index (χ2n) is 12.9. The molecule has 7 heteroatoms. The van der Waals surface area contributed by atoms with Crippen LogP contribution in [0.4, 0.5) is 0 Å². The van der Waals surface area contributed by atoms with Crippen LogP contribution in [-0.4, -0.2) is 40.0 Å². The Morgan fingerprint density at radius 3 is 2.35 bits per heavy atom. The van der Waals surface area contributed by atoms with Crippen molar-refractivity contribution in [1.82, 2.24) is 10.3 Å². The lowest BCUT2D eigenvalue weighted by molar-refractivity contribution is -0.134. The fourth-order valence-electron chi connectivity index (χ4n) is 5.23. The Balaban J connectivity index is 0.000000493. The molecule has 0 unspecified atom stereocenters. The van der Waals surface area contributed by atoms with Crippen LogP contribution in [0.3, 0.4) is 0 Å². The molecule has 0 spiro atoms. The zero-order valence-electron chi connectivity index (χ0n) is 29.2. The van der Waals surface area contributed by atoms with Crippen LogP contribution in [-0.2, 0) is 16.8 Å². The second-order valence-corrected chi connectivity index (χ2v) is 14.5. The van der Waals surface area contributed by atoms with E-state index in [-0.39, 0.29) is 0 Å². The summed E-state index contributed by atoms with van der Waals surface area (Å²) in [6, 6.07) is 27.2. The first kappa shape index (κ1) is 39.3. The number of aryl methyl sites for hydroxylation is 1. The van der Waals surface area contributed by atoms with Crippen molar-refractivity contribution in [1.29, 1.82) is 0 Å². The minimum atomic E-state index is -0.833. The standard InChI is InChI=1S/C33H34ClNOS.C6H15N.C2H4O2/c1-33(2,36)30-9-4-3-7-25(30)15-19-32(37-22-24-10-11-24)27-8-5-6-23(20-27)12-17-29-18-14-26-13-16-28(34)21-31(26)35-29;1-3-5-7-6-4-2;1-2(3)4/h3-9,12-14,16-18,20-21,24,32,36H,10-11,15,19,22H2,1-2H3;7H,3-6H2,1-2H3;1H3,(H,3,4)/b17-12+;;/t32-;;/m1../s1. The maximum absolute atomic E-state index is 10.7. The molecule has 3 N–H and O–H groups in total.